The van der Waals surface area contributed by atoms with E-state index < -0.39 is 0 Å². The van der Waals surface area contributed by atoms with Gasteiger partial charge in [0.25, 0.3) is 0 Å². The van der Waals surface area contributed by atoms with E-state index in [2.05, 4.69) is 225 Å². The van der Waals surface area contributed by atoms with E-state index in [9.17, 15) is 0 Å². The molecular weight excluding hydrogens is 1070 g/mol. The molecule has 0 radical (unpaired) electrons. The number of rotatable bonds is 38. The summed E-state index contributed by atoms with van der Waals surface area (Å²) in [6.07, 6.45) is 20.9. The third kappa shape index (κ3) is 19.7. The Morgan fingerprint density at radius 2 is 0.644 bits per heavy atom. The second-order valence-electron chi connectivity index (χ2n) is 24.6. The van der Waals surface area contributed by atoms with Crippen molar-refractivity contribution in [1.29, 1.82) is 0 Å². The number of nitrogens with zero attached hydrogens (tertiary/aromatic N) is 3. The molecule has 0 N–H and O–H groups in total. The average molecular weight is 1170 g/mol. The van der Waals surface area contributed by atoms with Crippen molar-refractivity contribution >= 4 is 0 Å². The van der Waals surface area contributed by atoms with E-state index in [1.54, 1.807) is 0 Å². The maximum atomic E-state index is 6.40. The van der Waals surface area contributed by atoms with Gasteiger partial charge in [0.15, 0.2) is 11.6 Å². The molecule has 0 spiro atoms. The first-order valence-electron chi connectivity index (χ1n) is 33.9. The van der Waals surface area contributed by atoms with Gasteiger partial charge in [-0.2, -0.15) is 5.10 Å². The fraction of sp³-hybridized carbons (Fsp3) is 0.450. The number of benzene rings is 7. The summed E-state index contributed by atoms with van der Waals surface area (Å²) >= 11 is 0. The average Bonchev–Trinajstić information content (AvgIpc) is 3.16. The largest absolute Gasteiger partial charge is 0.493 e. The Balaban J connectivity index is 1.13. The summed E-state index contributed by atoms with van der Waals surface area (Å²) in [6.45, 7) is 23.9. The number of ether oxygens (including phenoxy) is 4. The molecule has 1 aromatic heterocycles. The van der Waals surface area contributed by atoms with E-state index in [-0.39, 0.29) is 0 Å². The molecule has 0 saturated heterocycles. The third-order valence-corrected chi connectivity index (χ3v) is 17.8. The van der Waals surface area contributed by atoms with Gasteiger partial charge in [-0.05, 0) is 208 Å². The molecule has 1 heterocycles. The molecule has 0 saturated carbocycles. The molecule has 0 aliphatic heterocycles. The molecule has 7 aromatic carbocycles. The molecule has 7 nitrogen and oxygen atoms in total. The van der Waals surface area contributed by atoms with Gasteiger partial charge in [-0.25, -0.2) is 9.67 Å². The van der Waals surface area contributed by atoms with Crippen molar-refractivity contribution in [2.75, 3.05) is 26.4 Å². The summed E-state index contributed by atoms with van der Waals surface area (Å²) in [7, 11) is 0. The van der Waals surface area contributed by atoms with Gasteiger partial charge in [0.05, 0.1) is 33.0 Å². The molecule has 0 fully saturated rings. The summed E-state index contributed by atoms with van der Waals surface area (Å²) in [5, 5.41) is 5.28. The lowest BCUT2D eigenvalue weighted by Gasteiger charge is -2.17. The zero-order valence-electron chi connectivity index (χ0n) is 54.6. The van der Waals surface area contributed by atoms with Crippen molar-refractivity contribution in [3.8, 4) is 90.0 Å². The van der Waals surface area contributed by atoms with Crippen LogP contribution in [0.25, 0.3) is 67.0 Å². The van der Waals surface area contributed by atoms with E-state index in [0.717, 1.165) is 166 Å². The van der Waals surface area contributed by atoms with Crippen LogP contribution in [0.5, 0.6) is 23.0 Å². The van der Waals surface area contributed by atoms with Crippen LogP contribution in [-0.4, -0.2) is 41.2 Å². The van der Waals surface area contributed by atoms with Gasteiger partial charge in [0, 0.05) is 12.0 Å². The van der Waals surface area contributed by atoms with Gasteiger partial charge in [-0.1, -0.05) is 206 Å². The number of aromatic nitrogens is 3. The highest BCUT2D eigenvalue weighted by molar-refractivity contribution is 5.83. The van der Waals surface area contributed by atoms with Crippen LogP contribution in [0.4, 0.5) is 0 Å². The summed E-state index contributed by atoms with van der Waals surface area (Å²) in [6, 6.07) is 57.6. The highest BCUT2D eigenvalue weighted by atomic mass is 16.5. The molecule has 0 aliphatic carbocycles. The highest BCUT2D eigenvalue weighted by Crippen LogP contribution is 2.37. The monoisotopic (exact) mass is 1170 g/mol. The van der Waals surface area contributed by atoms with Gasteiger partial charge in [-0.3, -0.25) is 0 Å². The smallest absolute Gasteiger partial charge is 0.158 e. The number of hydrogen-bond acceptors (Lipinski definition) is 6. The summed E-state index contributed by atoms with van der Waals surface area (Å²) < 4.78 is 27.7. The zero-order valence-corrected chi connectivity index (χ0v) is 54.6. The summed E-state index contributed by atoms with van der Waals surface area (Å²) in [4.78, 5) is 5.32. The van der Waals surface area contributed by atoms with Crippen molar-refractivity contribution in [2.24, 2.45) is 23.7 Å². The second-order valence-corrected chi connectivity index (χ2v) is 24.6. The lowest BCUT2D eigenvalue weighted by atomic mass is 9.92. The number of aryl methyl sites for hydroxylation is 1. The molecular formula is C80H103N3O4. The van der Waals surface area contributed by atoms with E-state index in [1.165, 1.54) is 77.0 Å². The molecule has 0 bridgehead atoms. The molecule has 87 heavy (non-hydrogen) atoms. The first kappa shape index (κ1) is 65.8. The van der Waals surface area contributed by atoms with Gasteiger partial charge in [0.1, 0.15) is 23.0 Å². The molecule has 0 aliphatic rings. The Labute approximate surface area is 524 Å². The van der Waals surface area contributed by atoms with Crippen molar-refractivity contribution in [3.63, 3.8) is 0 Å². The van der Waals surface area contributed by atoms with Crippen LogP contribution in [0.3, 0.4) is 0 Å². The maximum Gasteiger partial charge on any atom is 0.158 e. The minimum Gasteiger partial charge on any atom is -0.493 e. The second kappa shape index (κ2) is 35.0. The number of hydrogen-bond donors (Lipinski definition) is 0. The first-order valence-corrected chi connectivity index (χ1v) is 33.9. The Morgan fingerprint density at radius 1 is 0.333 bits per heavy atom. The van der Waals surface area contributed by atoms with Crippen LogP contribution >= 0.6 is 0 Å². The number of unbranched alkanes of at least 4 members (excludes halogenated alkanes) is 4. The van der Waals surface area contributed by atoms with E-state index in [1.807, 2.05) is 0 Å². The Kier molecular flexibility index (Phi) is 26.5. The van der Waals surface area contributed by atoms with Crippen molar-refractivity contribution in [2.45, 2.75) is 184 Å². The van der Waals surface area contributed by atoms with Gasteiger partial charge < -0.3 is 18.9 Å². The minimum absolute atomic E-state index is 0.542. The summed E-state index contributed by atoms with van der Waals surface area (Å²) in [5.74, 6) is 7.63. The maximum absolute atomic E-state index is 6.40. The predicted octanol–water partition coefficient (Wildman–Crippen LogP) is 22.7. The highest BCUT2D eigenvalue weighted by Gasteiger charge is 2.18. The van der Waals surface area contributed by atoms with Crippen LogP contribution in [0, 0.1) is 23.7 Å². The van der Waals surface area contributed by atoms with Crippen molar-refractivity contribution < 1.29 is 18.9 Å². The first-order chi connectivity index (χ1) is 42.7. The normalized spacial score (nSPS) is 12.8. The van der Waals surface area contributed by atoms with Crippen LogP contribution in [0.2, 0.25) is 0 Å². The lowest BCUT2D eigenvalue weighted by molar-refractivity contribution is 0.233. The van der Waals surface area contributed by atoms with E-state index >= 15 is 0 Å². The topological polar surface area (TPSA) is 67.6 Å². The molecule has 462 valence electrons. The van der Waals surface area contributed by atoms with Crippen LogP contribution in [0.1, 0.15) is 183 Å². The zero-order chi connectivity index (χ0) is 61.2. The van der Waals surface area contributed by atoms with Gasteiger partial charge in [-0.15, -0.1) is 0 Å². The minimum atomic E-state index is 0.542. The van der Waals surface area contributed by atoms with E-state index in [0.29, 0.717) is 30.2 Å². The van der Waals surface area contributed by atoms with Gasteiger partial charge >= 0.3 is 0 Å². The Morgan fingerprint density at radius 3 is 0.966 bits per heavy atom. The van der Waals surface area contributed by atoms with Crippen LogP contribution in [0.15, 0.2) is 158 Å². The molecule has 0 amide bonds. The third-order valence-electron chi connectivity index (χ3n) is 17.8. The fourth-order valence-electron chi connectivity index (χ4n) is 11.7. The van der Waals surface area contributed by atoms with Crippen molar-refractivity contribution in [3.05, 3.63) is 169 Å². The molecule has 7 heteroatoms. The standard InChI is InChI=1S/C80H103N3O4/c1-10-19-25-59(15-6)55-84-75-39-31-64(32-40-75)70-47-63(48-71(50-70)65-33-41-76(42-34-65)85-56-60(16-7)26-20-11-2)54-83-80(81-79(82-83)24-14-5)69-30-23-29-68(49-69)74-52-72(66-35-43-77(44-36-66)86-57-61(17-8)27-21-12-3)51-73(53-74)67-37-45-78(46-38-67)87-58-62(18-9)28-22-13-4/h23,29-53,59-62H,10-22,24-28,54-58H2,1-9H3. The molecule has 8 rings (SSSR count). The van der Waals surface area contributed by atoms with Crippen molar-refractivity contribution in [1.82, 2.24) is 14.8 Å². The molecule has 4 unspecified atom stereocenters. The SMILES string of the molecule is CCCCC(CC)COc1ccc(-c2cc(Cn3nc(CCC)nc3-c3cccc(-c4cc(-c5ccc(OCC(CC)CCCC)cc5)cc(-c5ccc(OCC(CC)CCCC)cc5)c4)c3)cc(-c3ccc(OCC(CC)CCCC)cc3)c2)cc1. The molecule has 8 aromatic rings. The van der Waals surface area contributed by atoms with Gasteiger partial charge in [0.2, 0.25) is 0 Å². The molecule has 4 atom stereocenters. The summed E-state index contributed by atoms with van der Waals surface area (Å²) in [5.41, 5.74) is 13.5. The van der Waals surface area contributed by atoms with Crippen LogP contribution in [-0.2, 0) is 13.0 Å². The Bertz CT molecular complexity index is 3090. The van der Waals surface area contributed by atoms with Crippen LogP contribution < -0.4 is 18.9 Å². The predicted molar refractivity (Wildman–Crippen MR) is 367 cm³/mol. The van der Waals surface area contributed by atoms with E-state index in [4.69, 9.17) is 29.0 Å². The fourth-order valence-corrected chi connectivity index (χ4v) is 11.7. The lowest BCUT2D eigenvalue weighted by Crippen LogP contribution is -2.11. The quantitative estimate of drug-likeness (QED) is 0.0384. The Hall–Kier alpha value is -7.12.